The zero-order valence-corrected chi connectivity index (χ0v) is 14.8. The van der Waals surface area contributed by atoms with Crippen LogP contribution in [0.15, 0.2) is 10.4 Å². The Labute approximate surface area is 138 Å². The maximum absolute atomic E-state index is 5.96. The standard InChI is InChI=1S/C16H29N5S/c1-4-21-9-5-6-14(21)10-19-16(17)18-8-7-13-11-22-15(20-13)12(2)3/h11-12,14H,4-10H2,1-3H3,(H3,17,18,19). The zero-order valence-electron chi connectivity index (χ0n) is 14.0. The molecule has 1 atom stereocenters. The van der Waals surface area contributed by atoms with Crippen molar-refractivity contribution in [2.24, 2.45) is 10.7 Å². The molecule has 0 saturated carbocycles. The molecule has 3 N–H and O–H groups in total. The van der Waals surface area contributed by atoms with Crippen LogP contribution in [0.25, 0.3) is 0 Å². The molecule has 2 rings (SSSR count). The van der Waals surface area contributed by atoms with Crippen LogP contribution in [-0.2, 0) is 6.42 Å². The van der Waals surface area contributed by atoms with E-state index in [1.807, 2.05) is 0 Å². The van der Waals surface area contributed by atoms with Gasteiger partial charge in [-0.3, -0.25) is 9.89 Å². The Hall–Kier alpha value is -1.14. The van der Waals surface area contributed by atoms with E-state index >= 15 is 0 Å². The summed E-state index contributed by atoms with van der Waals surface area (Å²) >= 11 is 1.74. The highest BCUT2D eigenvalue weighted by Gasteiger charge is 2.22. The monoisotopic (exact) mass is 323 g/mol. The summed E-state index contributed by atoms with van der Waals surface area (Å²) in [4.78, 5) is 11.6. The minimum atomic E-state index is 0.506. The molecule has 1 unspecified atom stereocenters. The van der Waals surface area contributed by atoms with Gasteiger partial charge in [0.1, 0.15) is 0 Å². The van der Waals surface area contributed by atoms with Crippen LogP contribution in [0.1, 0.15) is 50.2 Å². The van der Waals surface area contributed by atoms with Crippen molar-refractivity contribution in [2.75, 3.05) is 26.2 Å². The molecule has 1 aliphatic rings. The number of hydrogen-bond acceptors (Lipinski definition) is 4. The Kier molecular flexibility index (Phi) is 6.64. The smallest absolute Gasteiger partial charge is 0.188 e. The van der Waals surface area contributed by atoms with Gasteiger partial charge in [0.25, 0.3) is 0 Å². The largest absolute Gasteiger partial charge is 0.370 e. The van der Waals surface area contributed by atoms with Crippen molar-refractivity contribution in [3.8, 4) is 0 Å². The SMILES string of the molecule is CCN1CCCC1CN=C(N)NCCc1csc(C(C)C)n1. The van der Waals surface area contributed by atoms with E-state index in [2.05, 4.69) is 46.3 Å². The molecule has 1 fully saturated rings. The summed E-state index contributed by atoms with van der Waals surface area (Å²) < 4.78 is 0. The summed E-state index contributed by atoms with van der Waals surface area (Å²) in [5, 5.41) is 6.55. The summed E-state index contributed by atoms with van der Waals surface area (Å²) in [5.74, 6) is 1.06. The lowest BCUT2D eigenvalue weighted by molar-refractivity contribution is 0.273. The van der Waals surface area contributed by atoms with Gasteiger partial charge in [0.15, 0.2) is 5.96 Å². The molecule has 0 spiro atoms. The Morgan fingerprint density at radius 3 is 3.09 bits per heavy atom. The molecule has 0 aromatic carbocycles. The van der Waals surface area contributed by atoms with Gasteiger partial charge >= 0.3 is 0 Å². The molecule has 124 valence electrons. The third kappa shape index (κ3) is 4.95. The molecular weight excluding hydrogens is 294 g/mol. The van der Waals surface area contributed by atoms with Crippen LogP contribution >= 0.6 is 11.3 Å². The number of rotatable bonds is 7. The normalized spacial score (nSPS) is 20.0. The zero-order chi connectivity index (χ0) is 15.9. The van der Waals surface area contributed by atoms with Gasteiger partial charge in [-0.05, 0) is 25.9 Å². The Morgan fingerprint density at radius 2 is 2.41 bits per heavy atom. The van der Waals surface area contributed by atoms with Crippen molar-refractivity contribution in [3.63, 3.8) is 0 Å². The molecule has 0 aliphatic carbocycles. The highest BCUT2D eigenvalue weighted by Crippen LogP contribution is 2.19. The number of likely N-dealkylation sites (N-methyl/N-ethyl adjacent to an activating group) is 1. The minimum absolute atomic E-state index is 0.506. The maximum atomic E-state index is 5.96. The number of nitrogens with two attached hydrogens (primary N) is 1. The molecule has 22 heavy (non-hydrogen) atoms. The molecule has 5 nitrogen and oxygen atoms in total. The first-order chi connectivity index (χ1) is 10.6. The van der Waals surface area contributed by atoms with Gasteiger partial charge < -0.3 is 11.1 Å². The maximum Gasteiger partial charge on any atom is 0.188 e. The highest BCUT2D eigenvalue weighted by molar-refractivity contribution is 7.09. The number of nitrogens with zero attached hydrogens (tertiary/aromatic N) is 3. The Balaban J connectivity index is 1.70. The summed E-state index contributed by atoms with van der Waals surface area (Å²) in [5.41, 5.74) is 7.10. The quantitative estimate of drug-likeness (QED) is 0.596. The second-order valence-corrected chi connectivity index (χ2v) is 7.05. The van der Waals surface area contributed by atoms with E-state index in [0.29, 0.717) is 17.9 Å². The van der Waals surface area contributed by atoms with Gasteiger partial charge in [0.05, 0.1) is 17.2 Å². The fourth-order valence-electron chi connectivity index (χ4n) is 2.80. The van der Waals surface area contributed by atoms with Crippen molar-refractivity contribution >= 4 is 17.3 Å². The lowest BCUT2D eigenvalue weighted by atomic mass is 10.2. The minimum Gasteiger partial charge on any atom is -0.370 e. The second kappa shape index (κ2) is 8.48. The topological polar surface area (TPSA) is 66.5 Å². The van der Waals surface area contributed by atoms with E-state index in [0.717, 1.165) is 31.7 Å². The molecule has 1 aromatic heterocycles. The molecule has 1 saturated heterocycles. The average molecular weight is 324 g/mol. The van der Waals surface area contributed by atoms with Crippen molar-refractivity contribution < 1.29 is 0 Å². The van der Waals surface area contributed by atoms with Crippen LogP contribution < -0.4 is 11.1 Å². The number of aromatic nitrogens is 1. The molecule has 1 aliphatic heterocycles. The summed E-state index contributed by atoms with van der Waals surface area (Å²) in [6.45, 7) is 10.5. The fourth-order valence-corrected chi connectivity index (χ4v) is 3.67. The van der Waals surface area contributed by atoms with E-state index in [-0.39, 0.29) is 0 Å². The first kappa shape index (κ1) is 17.2. The number of aliphatic imine (C=N–C) groups is 1. The number of likely N-dealkylation sites (tertiary alicyclic amines) is 1. The van der Waals surface area contributed by atoms with E-state index in [1.54, 1.807) is 11.3 Å². The molecule has 0 amide bonds. The van der Waals surface area contributed by atoms with Gasteiger partial charge in [-0.15, -0.1) is 11.3 Å². The van der Waals surface area contributed by atoms with Crippen LogP contribution in [0, 0.1) is 0 Å². The predicted octanol–water partition coefficient (Wildman–Crippen LogP) is 2.20. The van der Waals surface area contributed by atoms with Gasteiger partial charge in [-0.25, -0.2) is 4.98 Å². The molecule has 0 bridgehead atoms. The van der Waals surface area contributed by atoms with Crippen LogP contribution in [0.5, 0.6) is 0 Å². The van der Waals surface area contributed by atoms with E-state index in [1.165, 1.54) is 24.4 Å². The fraction of sp³-hybridized carbons (Fsp3) is 0.750. The third-order valence-corrected chi connectivity index (χ3v) is 5.32. The first-order valence-electron chi connectivity index (χ1n) is 8.32. The second-order valence-electron chi connectivity index (χ2n) is 6.16. The van der Waals surface area contributed by atoms with Gasteiger partial charge in [-0.1, -0.05) is 20.8 Å². The first-order valence-corrected chi connectivity index (χ1v) is 9.20. The molecular formula is C16H29N5S. The number of guanidine groups is 1. The van der Waals surface area contributed by atoms with Crippen molar-refractivity contribution in [1.82, 2.24) is 15.2 Å². The van der Waals surface area contributed by atoms with Crippen LogP contribution in [0.2, 0.25) is 0 Å². The summed E-state index contributed by atoms with van der Waals surface area (Å²) in [7, 11) is 0. The summed E-state index contributed by atoms with van der Waals surface area (Å²) in [6, 6.07) is 0.567. The van der Waals surface area contributed by atoms with Gasteiger partial charge in [0.2, 0.25) is 0 Å². The highest BCUT2D eigenvalue weighted by atomic mass is 32.1. The van der Waals surface area contributed by atoms with Crippen LogP contribution in [0.3, 0.4) is 0 Å². The lowest BCUT2D eigenvalue weighted by Crippen LogP contribution is -2.36. The van der Waals surface area contributed by atoms with Gasteiger partial charge in [-0.2, -0.15) is 0 Å². The number of thiazole rings is 1. The number of nitrogens with one attached hydrogen (secondary N) is 1. The molecule has 1 aromatic rings. The van der Waals surface area contributed by atoms with Crippen molar-refractivity contribution in [2.45, 2.75) is 52.0 Å². The van der Waals surface area contributed by atoms with Crippen molar-refractivity contribution in [1.29, 1.82) is 0 Å². The predicted molar refractivity (Wildman–Crippen MR) is 94.7 cm³/mol. The molecule has 0 radical (unpaired) electrons. The summed E-state index contributed by atoms with van der Waals surface area (Å²) in [6.07, 6.45) is 3.41. The third-order valence-electron chi connectivity index (χ3n) is 4.13. The van der Waals surface area contributed by atoms with Gasteiger partial charge in [0, 0.05) is 30.3 Å². The van der Waals surface area contributed by atoms with E-state index in [4.69, 9.17) is 5.73 Å². The molecule has 6 heteroatoms. The van der Waals surface area contributed by atoms with Crippen LogP contribution in [0.4, 0.5) is 0 Å². The lowest BCUT2D eigenvalue weighted by Gasteiger charge is -2.20. The molecule has 2 heterocycles. The van der Waals surface area contributed by atoms with Crippen molar-refractivity contribution in [3.05, 3.63) is 16.1 Å². The van der Waals surface area contributed by atoms with E-state index in [9.17, 15) is 0 Å². The van der Waals surface area contributed by atoms with E-state index < -0.39 is 0 Å². The average Bonchev–Trinajstić information content (AvgIpc) is 3.13. The Bertz CT molecular complexity index is 483. The Morgan fingerprint density at radius 1 is 1.59 bits per heavy atom. The number of hydrogen-bond donors (Lipinski definition) is 2. The van der Waals surface area contributed by atoms with Crippen LogP contribution in [-0.4, -0.2) is 48.1 Å².